The molecule has 0 aliphatic heterocycles. The number of halogens is 1. The van der Waals surface area contributed by atoms with E-state index in [0.717, 1.165) is 10.1 Å². The van der Waals surface area contributed by atoms with Gasteiger partial charge in [0.15, 0.2) is 8.68 Å². The molecule has 0 saturated carbocycles. The van der Waals surface area contributed by atoms with Gasteiger partial charge in [0.25, 0.3) is 5.91 Å². The number of carbonyl (C=O) groups is 2. The Morgan fingerprint density at radius 2 is 1.78 bits per heavy atom. The Bertz CT molecular complexity index is 678. The Labute approximate surface area is 144 Å². The number of nitrogens with one attached hydrogen (secondary N) is 2. The van der Waals surface area contributed by atoms with E-state index < -0.39 is 11.7 Å². The Morgan fingerprint density at radius 3 is 2.43 bits per heavy atom. The van der Waals surface area contributed by atoms with Gasteiger partial charge < -0.3 is 0 Å². The van der Waals surface area contributed by atoms with Crippen LogP contribution in [0.4, 0.5) is 4.39 Å². The van der Waals surface area contributed by atoms with E-state index in [0.29, 0.717) is 4.34 Å². The largest absolute Gasteiger partial charge is 0.272 e. The summed E-state index contributed by atoms with van der Waals surface area (Å²) >= 11 is 4.26. The molecule has 0 aliphatic rings. The Kier molecular flexibility index (Phi) is 6.81. The number of hydrazine groups is 1. The summed E-state index contributed by atoms with van der Waals surface area (Å²) in [4.78, 5) is 23.4. The summed E-state index contributed by atoms with van der Waals surface area (Å²) in [7, 11) is 0. The fourth-order valence-corrected chi connectivity index (χ4v) is 4.12. The van der Waals surface area contributed by atoms with Crippen molar-refractivity contribution in [1.82, 2.24) is 21.0 Å². The predicted molar refractivity (Wildman–Crippen MR) is 89.0 cm³/mol. The van der Waals surface area contributed by atoms with Crippen LogP contribution in [0.5, 0.6) is 0 Å². The van der Waals surface area contributed by atoms with Crippen molar-refractivity contribution in [1.29, 1.82) is 0 Å². The summed E-state index contributed by atoms with van der Waals surface area (Å²) in [5.41, 5.74) is 4.82. The molecule has 10 heteroatoms. The number of nitrogens with zero attached hydrogens (tertiary/aromatic N) is 2. The van der Waals surface area contributed by atoms with Crippen LogP contribution in [0.1, 0.15) is 17.3 Å². The Hall–Kier alpha value is -1.65. The van der Waals surface area contributed by atoms with E-state index >= 15 is 0 Å². The molecule has 0 saturated heterocycles. The molecule has 0 atom stereocenters. The minimum atomic E-state index is -0.513. The fourth-order valence-electron chi connectivity index (χ4n) is 1.40. The van der Waals surface area contributed by atoms with Gasteiger partial charge in [-0.3, -0.25) is 20.4 Å². The zero-order valence-corrected chi connectivity index (χ0v) is 14.5. The second kappa shape index (κ2) is 8.85. The Balaban J connectivity index is 1.74. The molecule has 1 aromatic heterocycles. The SMILES string of the molecule is CCSc1nnc(SCC(=O)NNC(=O)c2ccc(F)cc2)s1. The third-order valence-electron chi connectivity index (χ3n) is 2.40. The minimum Gasteiger partial charge on any atom is -0.272 e. The molecule has 0 unspecified atom stereocenters. The molecule has 0 bridgehead atoms. The number of carbonyl (C=O) groups excluding carboxylic acids is 2. The number of thioether (sulfide) groups is 2. The first kappa shape index (κ1) is 17.7. The summed E-state index contributed by atoms with van der Waals surface area (Å²) in [5, 5.41) is 7.95. The van der Waals surface area contributed by atoms with Crippen LogP contribution in [0.25, 0.3) is 0 Å². The van der Waals surface area contributed by atoms with Crippen LogP contribution in [0.15, 0.2) is 32.9 Å². The molecule has 0 radical (unpaired) electrons. The van der Waals surface area contributed by atoms with Gasteiger partial charge in [0.1, 0.15) is 5.82 Å². The molecule has 122 valence electrons. The van der Waals surface area contributed by atoms with Gasteiger partial charge in [-0.05, 0) is 30.0 Å². The molecule has 23 heavy (non-hydrogen) atoms. The normalized spacial score (nSPS) is 10.3. The Morgan fingerprint density at radius 1 is 1.13 bits per heavy atom. The highest BCUT2D eigenvalue weighted by Crippen LogP contribution is 2.28. The van der Waals surface area contributed by atoms with Crippen LogP contribution < -0.4 is 10.9 Å². The number of amides is 2. The van der Waals surface area contributed by atoms with Crippen LogP contribution in [0.2, 0.25) is 0 Å². The molecule has 2 N–H and O–H groups in total. The van der Waals surface area contributed by atoms with Gasteiger partial charge in [0.2, 0.25) is 5.91 Å². The van der Waals surface area contributed by atoms with Gasteiger partial charge in [-0.1, -0.05) is 41.8 Å². The molecular formula is C13H13FN4O2S3. The van der Waals surface area contributed by atoms with Crippen molar-refractivity contribution in [2.24, 2.45) is 0 Å². The maximum absolute atomic E-state index is 12.8. The van der Waals surface area contributed by atoms with E-state index in [1.165, 1.54) is 47.4 Å². The lowest BCUT2D eigenvalue weighted by Gasteiger charge is -2.06. The first-order valence-electron chi connectivity index (χ1n) is 6.52. The highest BCUT2D eigenvalue weighted by atomic mass is 32.2. The number of hydrogen-bond donors (Lipinski definition) is 2. The molecule has 2 rings (SSSR count). The van der Waals surface area contributed by atoms with Crippen molar-refractivity contribution >= 4 is 46.7 Å². The quantitative estimate of drug-likeness (QED) is 0.598. The molecule has 0 aliphatic carbocycles. The molecule has 0 spiro atoms. The number of rotatable bonds is 6. The maximum atomic E-state index is 12.8. The van der Waals surface area contributed by atoms with Crippen LogP contribution in [0.3, 0.4) is 0 Å². The molecule has 2 aromatic rings. The number of benzene rings is 1. The third-order valence-corrected chi connectivity index (χ3v) is 5.48. The monoisotopic (exact) mass is 372 g/mol. The maximum Gasteiger partial charge on any atom is 0.269 e. The molecular weight excluding hydrogens is 359 g/mol. The van der Waals surface area contributed by atoms with Gasteiger partial charge >= 0.3 is 0 Å². The van der Waals surface area contributed by atoms with Crippen molar-refractivity contribution in [3.63, 3.8) is 0 Å². The lowest BCUT2D eigenvalue weighted by molar-refractivity contribution is -0.119. The van der Waals surface area contributed by atoms with Crippen molar-refractivity contribution < 1.29 is 14.0 Å². The predicted octanol–water partition coefficient (Wildman–Crippen LogP) is 2.34. The van der Waals surface area contributed by atoms with Crippen LogP contribution in [-0.2, 0) is 4.79 Å². The smallest absolute Gasteiger partial charge is 0.269 e. The van der Waals surface area contributed by atoms with Gasteiger partial charge in [-0.15, -0.1) is 10.2 Å². The summed E-state index contributed by atoms with van der Waals surface area (Å²) in [6, 6.07) is 5.02. The second-order valence-corrected chi connectivity index (χ2v) is 7.78. The van der Waals surface area contributed by atoms with Crippen LogP contribution in [-0.4, -0.2) is 33.5 Å². The van der Waals surface area contributed by atoms with Crippen molar-refractivity contribution in [3.05, 3.63) is 35.6 Å². The standard InChI is InChI=1S/C13H13FN4O2S3/c1-2-21-12-17-18-13(23-12)22-7-10(19)15-16-11(20)8-3-5-9(14)6-4-8/h3-6H,2,7H2,1H3,(H,15,19)(H,16,20). The van der Waals surface area contributed by atoms with E-state index in [1.807, 2.05) is 6.92 Å². The van der Waals surface area contributed by atoms with E-state index in [2.05, 4.69) is 21.0 Å². The fraction of sp³-hybridized carbons (Fsp3) is 0.231. The topological polar surface area (TPSA) is 84.0 Å². The van der Waals surface area contributed by atoms with E-state index in [-0.39, 0.29) is 17.2 Å². The summed E-state index contributed by atoms with van der Waals surface area (Å²) < 4.78 is 14.3. The third kappa shape index (κ3) is 5.81. The minimum absolute atomic E-state index is 0.106. The zero-order chi connectivity index (χ0) is 16.7. The zero-order valence-electron chi connectivity index (χ0n) is 12.0. The summed E-state index contributed by atoms with van der Waals surface area (Å²) in [6.45, 7) is 2.02. The van der Waals surface area contributed by atoms with Gasteiger partial charge in [-0.2, -0.15) is 0 Å². The highest BCUT2D eigenvalue weighted by molar-refractivity contribution is 8.03. The lowest BCUT2D eigenvalue weighted by atomic mass is 10.2. The van der Waals surface area contributed by atoms with Gasteiger partial charge in [0, 0.05) is 5.56 Å². The van der Waals surface area contributed by atoms with Crippen molar-refractivity contribution in [3.8, 4) is 0 Å². The highest BCUT2D eigenvalue weighted by Gasteiger charge is 2.10. The van der Waals surface area contributed by atoms with Crippen LogP contribution >= 0.6 is 34.9 Å². The summed E-state index contributed by atoms with van der Waals surface area (Å²) in [5.74, 6) is -0.296. The van der Waals surface area contributed by atoms with Gasteiger partial charge in [-0.25, -0.2) is 4.39 Å². The van der Waals surface area contributed by atoms with Crippen LogP contribution in [0, 0.1) is 5.82 Å². The first-order chi connectivity index (χ1) is 11.1. The summed E-state index contributed by atoms with van der Waals surface area (Å²) in [6.07, 6.45) is 0. The molecule has 6 nitrogen and oxygen atoms in total. The molecule has 2 amide bonds. The lowest BCUT2D eigenvalue weighted by Crippen LogP contribution is -2.42. The average molecular weight is 372 g/mol. The van der Waals surface area contributed by atoms with E-state index in [4.69, 9.17) is 0 Å². The van der Waals surface area contributed by atoms with Gasteiger partial charge in [0.05, 0.1) is 5.75 Å². The molecule has 1 aromatic carbocycles. The van der Waals surface area contributed by atoms with Crippen molar-refractivity contribution in [2.45, 2.75) is 15.6 Å². The second-order valence-electron chi connectivity index (χ2n) is 4.06. The van der Waals surface area contributed by atoms with Crippen molar-refractivity contribution in [2.75, 3.05) is 11.5 Å². The average Bonchev–Trinajstić information content (AvgIpc) is 2.99. The molecule has 1 heterocycles. The van der Waals surface area contributed by atoms with E-state index in [1.54, 1.807) is 11.8 Å². The molecule has 0 fully saturated rings. The number of hydrogen-bond acceptors (Lipinski definition) is 7. The van der Waals surface area contributed by atoms with E-state index in [9.17, 15) is 14.0 Å². The number of aromatic nitrogens is 2. The first-order valence-corrected chi connectivity index (χ1v) is 9.31.